The van der Waals surface area contributed by atoms with Gasteiger partial charge in [0.05, 0.1) is 12.6 Å². The minimum Gasteiger partial charge on any atom is -0.394 e. The fourth-order valence-corrected chi connectivity index (χ4v) is 2.30. The number of hydroxylamine groups is 2. The van der Waals surface area contributed by atoms with E-state index in [0.29, 0.717) is 5.06 Å². The third kappa shape index (κ3) is 2.40. The second kappa shape index (κ2) is 5.44. The van der Waals surface area contributed by atoms with Crippen molar-refractivity contribution in [3.63, 3.8) is 0 Å². The Morgan fingerprint density at radius 1 is 1.55 bits per heavy atom. The van der Waals surface area contributed by atoms with E-state index in [9.17, 15) is 19.2 Å². The van der Waals surface area contributed by atoms with Gasteiger partial charge in [0.25, 0.3) is 5.56 Å². The number of hydrogen-bond donors (Lipinski definition) is 3. The number of aromatic amines is 1. The smallest absolute Gasteiger partial charge is 0.330 e. The Hall–Kier alpha value is -1.55. The molecular formula is C11H16FN3O5. The van der Waals surface area contributed by atoms with E-state index < -0.39 is 42.4 Å². The summed E-state index contributed by atoms with van der Waals surface area (Å²) in [5.41, 5.74) is -1.15. The number of aliphatic hydroxyl groups excluding tert-OH is 1. The van der Waals surface area contributed by atoms with Crippen LogP contribution >= 0.6 is 0 Å². The molecule has 20 heavy (non-hydrogen) atoms. The summed E-state index contributed by atoms with van der Waals surface area (Å²) in [4.78, 5) is 25.1. The molecule has 112 valence electrons. The molecule has 0 radical (unpaired) electrons. The summed E-state index contributed by atoms with van der Waals surface area (Å²) < 4.78 is 20.5. The summed E-state index contributed by atoms with van der Waals surface area (Å²) in [6, 6.07) is -1.11. The number of aryl methyl sites for hydroxylation is 1. The van der Waals surface area contributed by atoms with Gasteiger partial charge < -0.3 is 15.1 Å². The number of ether oxygens (including phenoxy) is 1. The van der Waals surface area contributed by atoms with Gasteiger partial charge in [-0.2, -0.15) is 5.06 Å². The number of aromatic nitrogens is 2. The molecule has 4 atom stereocenters. The van der Waals surface area contributed by atoms with Gasteiger partial charge in [0, 0.05) is 18.8 Å². The largest absolute Gasteiger partial charge is 0.394 e. The number of H-pyrrole nitrogens is 1. The molecule has 0 spiro atoms. The van der Waals surface area contributed by atoms with Gasteiger partial charge >= 0.3 is 5.69 Å². The fourth-order valence-electron chi connectivity index (χ4n) is 2.30. The molecule has 1 fully saturated rings. The monoisotopic (exact) mass is 289 g/mol. The van der Waals surface area contributed by atoms with E-state index in [1.807, 2.05) is 4.98 Å². The standard InChI is InChI=1S/C11H16FN3O5/c1-5-3-15(11(18)13-9(5)17)10-7(12)8(14(2)19)6(4-16)20-10/h3,6-8,10,16,19H,4H2,1-2H3,(H,13,17,18)/t6?,7-,8?,10?/m0/s1. The van der Waals surface area contributed by atoms with Gasteiger partial charge in [-0.3, -0.25) is 14.3 Å². The first-order chi connectivity index (χ1) is 9.36. The molecule has 9 heteroatoms. The summed E-state index contributed by atoms with van der Waals surface area (Å²) in [7, 11) is 1.23. The molecule has 0 amide bonds. The van der Waals surface area contributed by atoms with Crippen LogP contribution in [0.1, 0.15) is 11.8 Å². The third-order valence-electron chi connectivity index (χ3n) is 3.33. The topological polar surface area (TPSA) is 108 Å². The van der Waals surface area contributed by atoms with E-state index in [4.69, 9.17) is 9.84 Å². The number of hydrogen-bond acceptors (Lipinski definition) is 6. The molecule has 3 unspecified atom stereocenters. The van der Waals surface area contributed by atoms with Gasteiger partial charge in [-0.25, -0.2) is 9.18 Å². The van der Waals surface area contributed by atoms with E-state index in [1.165, 1.54) is 20.2 Å². The number of nitrogens with zero attached hydrogens (tertiary/aromatic N) is 2. The quantitative estimate of drug-likeness (QED) is 0.601. The maximum absolute atomic E-state index is 14.3. The lowest BCUT2D eigenvalue weighted by Gasteiger charge is -2.22. The molecule has 2 heterocycles. The van der Waals surface area contributed by atoms with Crippen LogP contribution in [0.4, 0.5) is 4.39 Å². The highest BCUT2D eigenvalue weighted by atomic mass is 19.1. The lowest BCUT2D eigenvalue weighted by molar-refractivity contribution is -0.134. The zero-order valence-corrected chi connectivity index (χ0v) is 11.0. The van der Waals surface area contributed by atoms with Crippen LogP contribution < -0.4 is 11.2 Å². The Bertz CT molecular complexity index is 598. The average molecular weight is 289 g/mol. The van der Waals surface area contributed by atoms with Crippen molar-refractivity contribution in [2.45, 2.75) is 31.5 Å². The van der Waals surface area contributed by atoms with Gasteiger partial charge in [0.1, 0.15) is 6.10 Å². The van der Waals surface area contributed by atoms with Crippen LogP contribution in [-0.2, 0) is 4.74 Å². The van der Waals surface area contributed by atoms with E-state index >= 15 is 0 Å². The number of aliphatic hydroxyl groups is 1. The van der Waals surface area contributed by atoms with Crippen molar-refractivity contribution in [1.82, 2.24) is 14.6 Å². The van der Waals surface area contributed by atoms with Crippen molar-refractivity contribution in [2.75, 3.05) is 13.7 Å². The molecule has 1 aliphatic heterocycles. The first-order valence-corrected chi connectivity index (χ1v) is 6.01. The Morgan fingerprint density at radius 3 is 2.70 bits per heavy atom. The number of nitrogens with one attached hydrogen (secondary N) is 1. The van der Waals surface area contributed by atoms with Crippen LogP contribution in [0.2, 0.25) is 0 Å². The minimum atomic E-state index is -1.75. The maximum atomic E-state index is 14.3. The van der Waals surface area contributed by atoms with Crippen LogP contribution in [0.15, 0.2) is 15.8 Å². The molecule has 2 rings (SSSR count). The van der Waals surface area contributed by atoms with E-state index in [2.05, 4.69) is 0 Å². The zero-order valence-electron chi connectivity index (χ0n) is 11.0. The lowest BCUT2D eigenvalue weighted by Crippen LogP contribution is -2.44. The first kappa shape index (κ1) is 14.9. The lowest BCUT2D eigenvalue weighted by atomic mass is 10.1. The SMILES string of the molecule is Cc1cn(C2OC(CO)C(N(C)O)[C@@H]2F)c(=O)[nH]c1=O. The fraction of sp³-hybridized carbons (Fsp3) is 0.636. The summed E-state index contributed by atoms with van der Waals surface area (Å²) in [5.74, 6) is 0. The molecule has 3 N–H and O–H groups in total. The highest BCUT2D eigenvalue weighted by Gasteiger charge is 2.48. The predicted molar refractivity (Wildman–Crippen MR) is 65.3 cm³/mol. The molecule has 0 aromatic carbocycles. The number of rotatable bonds is 3. The average Bonchev–Trinajstić information content (AvgIpc) is 2.71. The van der Waals surface area contributed by atoms with Crippen LogP contribution in [0.25, 0.3) is 0 Å². The van der Waals surface area contributed by atoms with Gasteiger partial charge in [-0.1, -0.05) is 0 Å². The first-order valence-electron chi connectivity index (χ1n) is 6.01. The van der Waals surface area contributed by atoms with Crippen molar-refractivity contribution in [2.24, 2.45) is 0 Å². The zero-order chi connectivity index (χ0) is 15.0. The Labute approximate surface area is 113 Å². The van der Waals surface area contributed by atoms with Gasteiger partial charge in [0.15, 0.2) is 12.4 Å². The van der Waals surface area contributed by atoms with Crippen molar-refractivity contribution in [3.8, 4) is 0 Å². The van der Waals surface area contributed by atoms with Crippen molar-refractivity contribution < 1.29 is 19.4 Å². The van der Waals surface area contributed by atoms with Crippen LogP contribution in [0.5, 0.6) is 0 Å². The molecule has 8 nitrogen and oxygen atoms in total. The normalized spacial score (nSPS) is 30.1. The molecule has 0 saturated carbocycles. The van der Waals surface area contributed by atoms with E-state index in [1.54, 1.807) is 0 Å². The third-order valence-corrected chi connectivity index (χ3v) is 3.33. The molecule has 0 aliphatic carbocycles. The Kier molecular flexibility index (Phi) is 4.04. The van der Waals surface area contributed by atoms with Crippen LogP contribution in [0.3, 0.4) is 0 Å². The Balaban J connectivity index is 2.42. The minimum absolute atomic E-state index is 0.224. The van der Waals surface area contributed by atoms with Crippen molar-refractivity contribution in [3.05, 3.63) is 32.6 Å². The highest BCUT2D eigenvalue weighted by molar-refractivity contribution is 5.03. The maximum Gasteiger partial charge on any atom is 0.330 e. The van der Waals surface area contributed by atoms with Crippen LogP contribution in [0, 0.1) is 6.92 Å². The van der Waals surface area contributed by atoms with Gasteiger partial charge in [-0.05, 0) is 6.92 Å². The second-order valence-electron chi connectivity index (χ2n) is 4.74. The molecular weight excluding hydrogens is 273 g/mol. The summed E-state index contributed by atoms with van der Waals surface area (Å²) in [6.45, 7) is 0.958. The molecule has 0 bridgehead atoms. The molecule has 1 saturated heterocycles. The second-order valence-corrected chi connectivity index (χ2v) is 4.74. The van der Waals surface area contributed by atoms with E-state index in [0.717, 1.165) is 4.57 Å². The molecule has 1 aromatic rings. The summed E-state index contributed by atoms with van der Waals surface area (Å²) >= 11 is 0. The van der Waals surface area contributed by atoms with Crippen molar-refractivity contribution in [1.29, 1.82) is 0 Å². The number of alkyl halides is 1. The van der Waals surface area contributed by atoms with Gasteiger partial charge in [-0.15, -0.1) is 0 Å². The molecule has 1 aliphatic rings. The number of likely N-dealkylation sites (N-methyl/N-ethyl adjacent to an activating group) is 1. The van der Waals surface area contributed by atoms with E-state index in [-0.39, 0.29) is 5.56 Å². The van der Waals surface area contributed by atoms with Crippen LogP contribution in [-0.4, -0.2) is 56.9 Å². The Morgan fingerprint density at radius 2 is 2.20 bits per heavy atom. The summed E-state index contributed by atoms with van der Waals surface area (Å²) in [5, 5.41) is 19.2. The summed E-state index contributed by atoms with van der Waals surface area (Å²) in [6.07, 6.45) is -2.86. The highest BCUT2D eigenvalue weighted by Crippen LogP contribution is 2.32. The number of halogens is 1. The predicted octanol–water partition coefficient (Wildman–Crippen LogP) is -1.24. The van der Waals surface area contributed by atoms with Crippen molar-refractivity contribution >= 4 is 0 Å². The molecule has 1 aromatic heterocycles. The van der Waals surface area contributed by atoms with Gasteiger partial charge in [0.2, 0.25) is 0 Å².